The van der Waals surface area contributed by atoms with Crippen molar-refractivity contribution in [2.75, 3.05) is 25.4 Å². The number of oxime groups is 1. The molecule has 2 amide bonds. The van der Waals surface area contributed by atoms with E-state index in [0.29, 0.717) is 11.3 Å². The molecule has 0 spiro atoms. The van der Waals surface area contributed by atoms with E-state index in [1.54, 1.807) is 11.5 Å². The first kappa shape index (κ1) is 25.2. The van der Waals surface area contributed by atoms with Crippen LogP contribution in [0.15, 0.2) is 34.0 Å². The highest BCUT2D eigenvalue weighted by Crippen LogP contribution is 2.41. The van der Waals surface area contributed by atoms with Crippen LogP contribution < -0.4 is 11.1 Å². The minimum atomic E-state index is -0.913. The molecule has 1 aromatic rings. The molecule has 3 rings (SSSR count). The second kappa shape index (κ2) is 11.2. The number of fused-ring (bicyclic) bond motifs is 1. The zero-order chi connectivity index (χ0) is 24.8. The van der Waals surface area contributed by atoms with E-state index in [1.165, 1.54) is 30.7 Å². The van der Waals surface area contributed by atoms with Gasteiger partial charge < -0.3 is 25.4 Å². The number of nitrogens with two attached hydrogens (primary N) is 1. The summed E-state index contributed by atoms with van der Waals surface area (Å²) in [4.78, 5) is 59.6. The number of hydrogen-bond acceptors (Lipinski definition) is 12. The number of ether oxygens (including phenoxy) is 2. The van der Waals surface area contributed by atoms with Crippen LogP contribution >= 0.6 is 23.1 Å². The Bertz CT molecular complexity index is 1080. The van der Waals surface area contributed by atoms with Crippen LogP contribution in [0, 0.1) is 0 Å². The molecule has 0 unspecified atom stereocenters. The normalized spacial score (nSPS) is 20.0. The number of rotatable bonds is 9. The van der Waals surface area contributed by atoms with E-state index in [4.69, 9.17) is 15.3 Å². The number of allylic oxidation sites excluding steroid dienone is 2. The average molecular weight is 510 g/mol. The number of hydrogen-bond donors (Lipinski definition) is 2. The Morgan fingerprint density at radius 2 is 2.15 bits per heavy atom. The van der Waals surface area contributed by atoms with Crippen molar-refractivity contribution in [2.45, 2.75) is 31.7 Å². The van der Waals surface area contributed by atoms with Crippen molar-refractivity contribution >= 4 is 57.7 Å². The SMILES string of the molecule is CC/C=C\C1=C(C(=O)OCOC(C)=O)N2C(=O)[C@@H](NC(=O)/C(=N\OC)c3csc(N)n3)[C@H]2SC1. The monoisotopic (exact) mass is 509 g/mol. The van der Waals surface area contributed by atoms with E-state index in [9.17, 15) is 19.2 Å². The number of carbonyl (C=O) groups excluding carboxylic acids is 4. The summed E-state index contributed by atoms with van der Waals surface area (Å²) < 4.78 is 9.70. The summed E-state index contributed by atoms with van der Waals surface area (Å²) in [7, 11) is 1.28. The van der Waals surface area contributed by atoms with Gasteiger partial charge in [0.1, 0.15) is 29.9 Å². The second-order valence-electron chi connectivity index (χ2n) is 6.92. The molecule has 3 N–H and O–H groups in total. The highest BCUT2D eigenvalue weighted by Gasteiger charge is 2.54. The Kier molecular flexibility index (Phi) is 8.28. The molecule has 2 aliphatic heterocycles. The van der Waals surface area contributed by atoms with Crippen LogP contribution in [0.2, 0.25) is 0 Å². The number of thioether (sulfide) groups is 1. The maximum atomic E-state index is 13.0. The first-order valence-corrected chi connectivity index (χ1v) is 12.0. The quantitative estimate of drug-likeness (QED) is 0.160. The maximum Gasteiger partial charge on any atom is 0.358 e. The van der Waals surface area contributed by atoms with Gasteiger partial charge in [-0.2, -0.15) is 0 Å². The highest BCUT2D eigenvalue weighted by molar-refractivity contribution is 8.00. The number of amides is 2. The smallest absolute Gasteiger partial charge is 0.358 e. The van der Waals surface area contributed by atoms with Crippen molar-refractivity contribution < 1.29 is 33.5 Å². The van der Waals surface area contributed by atoms with Crippen LogP contribution in [0.4, 0.5) is 5.13 Å². The van der Waals surface area contributed by atoms with Gasteiger partial charge in [-0.25, -0.2) is 9.78 Å². The van der Waals surface area contributed by atoms with Gasteiger partial charge in [-0.05, 0) is 12.0 Å². The first-order valence-electron chi connectivity index (χ1n) is 10.1. The average Bonchev–Trinajstić information content (AvgIpc) is 3.24. The van der Waals surface area contributed by atoms with E-state index in [2.05, 4.69) is 20.2 Å². The van der Waals surface area contributed by atoms with Crippen molar-refractivity contribution in [3.05, 3.63) is 34.5 Å². The van der Waals surface area contributed by atoms with Crippen LogP contribution in [0.5, 0.6) is 0 Å². The molecular weight excluding hydrogens is 486 g/mol. The minimum Gasteiger partial charge on any atom is -0.428 e. The van der Waals surface area contributed by atoms with E-state index < -0.39 is 42.0 Å². The molecule has 182 valence electrons. The Balaban J connectivity index is 1.79. The van der Waals surface area contributed by atoms with E-state index in [0.717, 1.165) is 17.8 Å². The molecule has 0 aromatic carbocycles. The summed E-state index contributed by atoms with van der Waals surface area (Å²) in [6.07, 6.45) is 4.33. The third-order valence-corrected chi connectivity index (χ3v) is 6.62. The van der Waals surface area contributed by atoms with Crippen molar-refractivity contribution in [1.29, 1.82) is 0 Å². The van der Waals surface area contributed by atoms with Crippen LogP contribution in [0.3, 0.4) is 0 Å². The van der Waals surface area contributed by atoms with Crippen LogP contribution in [-0.2, 0) is 33.5 Å². The van der Waals surface area contributed by atoms with Gasteiger partial charge in [-0.15, -0.1) is 23.1 Å². The summed E-state index contributed by atoms with van der Waals surface area (Å²) in [5, 5.41) is 7.59. The highest BCUT2D eigenvalue weighted by atomic mass is 32.2. The van der Waals surface area contributed by atoms with Gasteiger partial charge in [-0.3, -0.25) is 19.3 Å². The third kappa shape index (κ3) is 5.39. The lowest BCUT2D eigenvalue weighted by atomic mass is 10.0. The molecule has 0 saturated carbocycles. The van der Waals surface area contributed by atoms with Gasteiger partial charge in [0.2, 0.25) is 6.79 Å². The number of aromatic nitrogens is 1. The van der Waals surface area contributed by atoms with E-state index >= 15 is 0 Å². The van der Waals surface area contributed by atoms with Crippen LogP contribution in [0.1, 0.15) is 26.0 Å². The number of thiazole rings is 1. The van der Waals surface area contributed by atoms with Gasteiger partial charge in [0, 0.05) is 18.1 Å². The lowest BCUT2D eigenvalue weighted by molar-refractivity contribution is -0.166. The number of anilines is 1. The topological polar surface area (TPSA) is 163 Å². The second-order valence-corrected chi connectivity index (χ2v) is 8.92. The number of esters is 2. The molecule has 34 heavy (non-hydrogen) atoms. The molecule has 12 nitrogen and oxygen atoms in total. The summed E-state index contributed by atoms with van der Waals surface area (Å²) >= 11 is 2.51. The molecule has 2 atom stereocenters. The van der Waals surface area contributed by atoms with Crippen molar-refractivity contribution in [3.8, 4) is 0 Å². The van der Waals surface area contributed by atoms with Crippen LogP contribution in [0.25, 0.3) is 0 Å². The lowest BCUT2D eigenvalue weighted by Crippen LogP contribution is -2.71. The predicted molar refractivity (Wildman–Crippen MR) is 124 cm³/mol. The summed E-state index contributed by atoms with van der Waals surface area (Å²) in [5.41, 5.74) is 6.36. The molecule has 1 fully saturated rings. The van der Waals surface area contributed by atoms with Gasteiger partial charge >= 0.3 is 11.9 Å². The molecular formula is C20H23N5O7S2. The zero-order valence-electron chi connectivity index (χ0n) is 18.6. The molecule has 1 saturated heterocycles. The molecule has 1 aromatic heterocycles. The molecule has 3 heterocycles. The van der Waals surface area contributed by atoms with Crippen molar-refractivity contribution in [1.82, 2.24) is 15.2 Å². The fourth-order valence-electron chi connectivity index (χ4n) is 3.16. The number of nitrogens with zero attached hydrogens (tertiary/aromatic N) is 3. The van der Waals surface area contributed by atoms with Gasteiger partial charge in [0.05, 0.1) is 0 Å². The predicted octanol–water partition coefficient (Wildman–Crippen LogP) is 0.760. The molecule has 14 heteroatoms. The third-order valence-electron chi connectivity index (χ3n) is 4.65. The van der Waals surface area contributed by atoms with Crippen molar-refractivity contribution in [3.63, 3.8) is 0 Å². The number of β-lactam (4-membered cyclic amide) rings is 1. The number of nitrogens with one attached hydrogen (secondary N) is 1. The van der Waals surface area contributed by atoms with Gasteiger partial charge in [-0.1, -0.05) is 24.2 Å². The molecule has 0 aliphatic carbocycles. The maximum absolute atomic E-state index is 13.0. The van der Waals surface area contributed by atoms with E-state index in [-0.39, 0.29) is 22.2 Å². The summed E-state index contributed by atoms with van der Waals surface area (Å²) in [5.74, 6) is -2.19. The summed E-state index contributed by atoms with van der Waals surface area (Å²) in [6.45, 7) is 2.54. The van der Waals surface area contributed by atoms with Gasteiger partial charge in [0.15, 0.2) is 10.8 Å². The van der Waals surface area contributed by atoms with Crippen molar-refractivity contribution in [2.24, 2.45) is 5.16 Å². The molecule has 0 radical (unpaired) electrons. The number of nitrogen functional groups attached to an aromatic ring is 1. The molecule has 2 aliphatic rings. The zero-order valence-corrected chi connectivity index (χ0v) is 20.2. The Morgan fingerprint density at radius 3 is 2.76 bits per heavy atom. The molecule has 0 bridgehead atoms. The Hall–Kier alpha value is -3.39. The Labute approximate surface area is 203 Å². The first-order chi connectivity index (χ1) is 16.3. The largest absolute Gasteiger partial charge is 0.428 e. The lowest BCUT2D eigenvalue weighted by Gasteiger charge is -2.49. The van der Waals surface area contributed by atoms with Crippen LogP contribution in [-0.4, -0.2) is 70.4 Å². The van der Waals surface area contributed by atoms with E-state index in [1.807, 2.05) is 13.0 Å². The van der Waals surface area contributed by atoms with Gasteiger partial charge in [0.25, 0.3) is 11.8 Å². The standard InChI is InChI=1S/C20H23N5O7S2/c1-4-5-6-11-7-33-18-14(17(28)25(18)15(11)19(29)32-9-31-10(2)26)23-16(27)13(24-30-3)12-8-34-20(21)22-12/h5-6,8,14,18H,4,7,9H2,1-3H3,(H2,21,22)(H,23,27)/b6-5-,24-13-/t14-,18-/m1/s1. The number of carbonyl (C=O) groups is 4. The fraction of sp³-hybridized carbons (Fsp3) is 0.400. The minimum absolute atomic E-state index is 0.0501. The Morgan fingerprint density at radius 1 is 1.38 bits per heavy atom. The fourth-order valence-corrected chi connectivity index (χ4v) is 5.02. The summed E-state index contributed by atoms with van der Waals surface area (Å²) in [6, 6.07) is -0.913.